The Morgan fingerprint density at radius 1 is 1.33 bits per heavy atom. The van der Waals surface area contributed by atoms with Crippen molar-refractivity contribution >= 4 is 11.6 Å². The summed E-state index contributed by atoms with van der Waals surface area (Å²) in [5.41, 5.74) is 0.738. The van der Waals surface area contributed by atoms with Gasteiger partial charge in [0.15, 0.2) is 16.8 Å². The minimum absolute atomic E-state index is 0.214. The van der Waals surface area contributed by atoms with Crippen LogP contribution >= 0.6 is 11.6 Å². The Bertz CT molecular complexity index is 542. The summed E-state index contributed by atoms with van der Waals surface area (Å²) in [5.74, 6) is 0.436. The van der Waals surface area contributed by atoms with E-state index < -0.39 is 5.82 Å². The monoisotopic (exact) mass is 269 g/mol. The number of halogens is 2. The Balaban J connectivity index is 2.36. The maximum Gasteiger partial charge on any atom is 0.193 e. The van der Waals surface area contributed by atoms with Crippen molar-refractivity contribution in [2.45, 2.75) is 6.04 Å². The second kappa shape index (κ2) is 5.42. The van der Waals surface area contributed by atoms with Gasteiger partial charge in [-0.25, -0.2) is 4.39 Å². The maximum absolute atomic E-state index is 13.7. The van der Waals surface area contributed by atoms with Crippen LogP contribution in [0.4, 0.5) is 4.39 Å². The van der Waals surface area contributed by atoms with Gasteiger partial charge in [0, 0.05) is 0 Å². The van der Waals surface area contributed by atoms with Crippen LogP contribution in [0, 0.1) is 5.82 Å². The molecule has 1 N–H and O–H groups in total. The Kier molecular flexibility index (Phi) is 3.89. The molecule has 0 amide bonds. The number of furan rings is 1. The van der Waals surface area contributed by atoms with E-state index in [1.807, 2.05) is 0 Å². The minimum Gasteiger partial charge on any atom is -0.494 e. The van der Waals surface area contributed by atoms with Crippen LogP contribution < -0.4 is 10.1 Å². The molecular weight excluding hydrogens is 257 g/mol. The van der Waals surface area contributed by atoms with E-state index >= 15 is 0 Å². The lowest BCUT2D eigenvalue weighted by molar-refractivity contribution is 0.385. The van der Waals surface area contributed by atoms with Crippen molar-refractivity contribution in [1.29, 1.82) is 0 Å². The molecule has 0 spiro atoms. The zero-order valence-corrected chi connectivity index (χ0v) is 10.8. The lowest BCUT2D eigenvalue weighted by Gasteiger charge is -2.14. The molecule has 18 heavy (non-hydrogen) atoms. The molecule has 5 heteroatoms. The van der Waals surface area contributed by atoms with Gasteiger partial charge in [0.05, 0.1) is 13.2 Å². The standard InChI is InChI=1S/C13H13ClFNO2/c1-16-13(11-5-6-12(14)18-11)8-3-4-10(17-2)9(15)7-8/h3-7,13,16H,1-2H3. The minimum atomic E-state index is -0.409. The van der Waals surface area contributed by atoms with Gasteiger partial charge in [0.2, 0.25) is 0 Å². The molecule has 0 aliphatic heterocycles. The first-order valence-electron chi connectivity index (χ1n) is 5.41. The van der Waals surface area contributed by atoms with Gasteiger partial charge in [0.1, 0.15) is 5.76 Å². The molecule has 0 radical (unpaired) electrons. The summed E-state index contributed by atoms with van der Waals surface area (Å²) in [6, 6.07) is 7.93. The summed E-state index contributed by atoms with van der Waals surface area (Å²) in [6.45, 7) is 0. The van der Waals surface area contributed by atoms with E-state index in [9.17, 15) is 4.39 Å². The van der Waals surface area contributed by atoms with Crippen LogP contribution in [0.3, 0.4) is 0 Å². The molecule has 0 saturated carbocycles. The SMILES string of the molecule is CNC(c1ccc(OC)c(F)c1)c1ccc(Cl)o1. The number of nitrogens with one attached hydrogen (secondary N) is 1. The van der Waals surface area contributed by atoms with Crippen molar-refractivity contribution in [3.63, 3.8) is 0 Å². The fourth-order valence-corrected chi connectivity index (χ4v) is 1.97. The summed E-state index contributed by atoms with van der Waals surface area (Å²) in [6.07, 6.45) is 0. The molecule has 1 aromatic heterocycles. The van der Waals surface area contributed by atoms with E-state index in [4.69, 9.17) is 20.8 Å². The van der Waals surface area contributed by atoms with Gasteiger partial charge in [-0.05, 0) is 48.5 Å². The summed E-state index contributed by atoms with van der Waals surface area (Å²) in [7, 11) is 3.20. The lowest BCUT2D eigenvalue weighted by Crippen LogP contribution is -2.17. The van der Waals surface area contributed by atoms with Gasteiger partial charge < -0.3 is 14.5 Å². The molecule has 0 saturated heterocycles. The molecule has 0 aliphatic rings. The van der Waals surface area contributed by atoms with Gasteiger partial charge >= 0.3 is 0 Å². The molecular formula is C13H13ClFNO2. The smallest absolute Gasteiger partial charge is 0.193 e. The van der Waals surface area contributed by atoms with Crippen LogP contribution in [0.25, 0.3) is 0 Å². The molecule has 3 nitrogen and oxygen atoms in total. The Morgan fingerprint density at radius 2 is 2.11 bits per heavy atom. The number of ether oxygens (including phenoxy) is 1. The molecule has 1 unspecified atom stereocenters. The summed E-state index contributed by atoms with van der Waals surface area (Å²) in [5, 5.41) is 3.36. The summed E-state index contributed by atoms with van der Waals surface area (Å²) in [4.78, 5) is 0. The first kappa shape index (κ1) is 12.9. The first-order chi connectivity index (χ1) is 8.65. The maximum atomic E-state index is 13.7. The van der Waals surface area contributed by atoms with Crippen LogP contribution in [0.2, 0.25) is 5.22 Å². The van der Waals surface area contributed by atoms with E-state index in [-0.39, 0.29) is 11.8 Å². The number of methoxy groups -OCH3 is 1. The zero-order valence-electron chi connectivity index (χ0n) is 10.0. The van der Waals surface area contributed by atoms with Gasteiger partial charge in [-0.1, -0.05) is 6.07 Å². The van der Waals surface area contributed by atoms with Crippen molar-refractivity contribution in [2.24, 2.45) is 0 Å². The van der Waals surface area contributed by atoms with Gasteiger partial charge in [-0.3, -0.25) is 0 Å². The average Bonchev–Trinajstić information content (AvgIpc) is 2.77. The molecule has 0 fully saturated rings. The first-order valence-corrected chi connectivity index (χ1v) is 5.79. The third kappa shape index (κ3) is 2.49. The number of benzene rings is 1. The van der Waals surface area contributed by atoms with Crippen molar-refractivity contribution in [3.8, 4) is 5.75 Å². The Hall–Kier alpha value is -1.52. The van der Waals surface area contributed by atoms with E-state index in [0.29, 0.717) is 11.0 Å². The zero-order chi connectivity index (χ0) is 13.1. The second-order valence-corrected chi connectivity index (χ2v) is 4.13. The van der Waals surface area contributed by atoms with E-state index in [0.717, 1.165) is 5.56 Å². The highest BCUT2D eigenvalue weighted by Gasteiger charge is 2.17. The Labute approximate surface area is 110 Å². The largest absolute Gasteiger partial charge is 0.494 e. The summed E-state index contributed by atoms with van der Waals surface area (Å²) >= 11 is 5.74. The van der Waals surface area contributed by atoms with Crippen molar-refractivity contribution in [1.82, 2.24) is 5.32 Å². The van der Waals surface area contributed by atoms with E-state index in [2.05, 4.69) is 5.32 Å². The van der Waals surface area contributed by atoms with Crippen LogP contribution in [0.1, 0.15) is 17.4 Å². The lowest BCUT2D eigenvalue weighted by atomic mass is 10.0. The molecule has 0 bridgehead atoms. The molecule has 1 atom stereocenters. The van der Waals surface area contributed by atoms with Crippen LogP contribution in [0.5, 0.6) is 5.75 Å². The van der Waals surface area contributed by atoms with E-state index in [1.165, 1.54) is 13.2 Å². The van der Waals surface area contributed by atoms with Gasteiger partial charge in [-0.2, -0.15) is 0 Å². The quantitative estimate of drug-likeness (QED) is 0.924. The Morgan fingerprint density at radius 3 is 2.61 bits per heavy atom. The summed E-state index contributed by atoms with van der Waals surface area (Å²) < 4.78 is 23.9. The van der Waals surface area contributed by atoms with Crippen molar-refractivity contribution < 1.29 is 13.5 Å². The predicted octanol–water partition coefficient (Wildman–Crippen LogP) is 3.39. The van der Waals surface area contributed by atoms with Crippen LogP contribution in [-0.4, -0.2) is 14.2 Å². The number of rotatable bonds is 4. The third-order valence-corrected chi connectivity index (χ3v) is 2.88. The number of hydrogen-bond donors (Lipinski definition) is 1. The number of hydrogen-bond acceptors (Lipinski definition) is 3. The molecule has 2 aromatic rings. The molecule has 1 aromatic carbocycles. The normalized spacial score (nSPS) is 12.4. The topological polar surface area (TPSA) is 34.4 Å². The fourth-order valence-electron chi connectivity index (χ4n) is 1.82. The molecule has 1 heterocycles. The van der Waals surface area contributed by atoms with Crippen molar-refractivity contribution in [3.05, 3.63) is 52.7 Å². The van der Waals surface area contributed by atoms with E-state index in [1.54, 1.807) is 31.3 Å². The highest BCUT2D eigenvalue weighted by Crippen LogP contribution is 2.28. The molecule has 0 aliphatic carbocycles. The fraction of sp³-hybridized carbons (Fsp3) is 0.231. The third-order valence-electron chi connectivity index (χ3n) is 2.68. The highest BCUT2D eigenvalue weighted by molar-refractivity contribution is 6.28. The second-order valence-electron chi connectivity index (χ2n) is 3.76. The molecule has 96 valence electrons. The predicted molar refractivity (Wildman–Crippen MR) is 67.6 cm³/mol. The van der Waals surface area contributed by atoms with Gasteiger partial charge in [0.25, 0.3) is 0 Å². The van der Waals surface area contributed by atoms with Crippen LogP contribution in [-0.2, 0) is 0 Å². The average molecular weight is 270 g/mol. The van der Waals surface area contributed by atoms with Crippen LogP contribution in [0.15, 0.2) is 34.7 Å². The molecule has 2 rings (SSSR count). The van der Waals surface area contributed by atoms with Crippen molar-refractivity contribution in [2.75, 3.05) is 14.2 Å². The van der Waals surface area contributed by atoms with Gasteiger partial charge in [-0.15, -0.1) is 0 Å². The highest BCUT2D eigenvalue weighted by atomic mass is 35.5.